The Labute approximate surface area is 83.0 Å². The number of ether oxygens (including phenoxy) is 1. The molecule has 1 aliphatic rings. The highest BCUT2D eigenvalue weighted by atomic mass is 16.5. The molecule has 0 radical (unpaired) electrons. The Kier molecular flexibility index (Phi) is 3.73. The van der Waals surface area contributed by atoms with Gasteiger partial charge in [-0.2, -0.15) is 0 Å². The van der Waals surface area contributed by atoms with Crippen LogP contribution >= 0.6 is 0 Å². The van der Waals surface area contributed by atoms with Crippen LogP contribution in [0.5, 0.6) is 0 Å². The van der Waals surface area contributed by atoms with Gasteiger partial charge >= 0.3 is 6.09 Å². The molecule has 1 fully saturated rings. The molecule has 0 spiro atoms. The van der Waals surface area contributed by atoms with E-state index in [9.17, 15) is 9.59 Å². The predicted molar refractivity (Wildman–Crippen MR) is 50.5 cm³/mol. The van der Waals surface area contributed by atoms with Crippen molar-refractivity contribution >= 4 is 12.0 Å². The monoisotopic (exact) mass is 200 g/mol. The maximum atomic E-state index is 11.1. The minimum atomic E-state index is -0.597. The number of amides is 2. The van der Waals surface area contributed by atoms with Gasteiger partial charge in [0.2, 0.25) is 5.91 Å². The summed E-state index contributed by atoms with van der Waals surface area (Å²) in [5.74, 6) is -0.311. The lowest BCUT2D eigenvalue weighted by atomic mass is 9.98. The van der Waals surface area contributed by atoms with Crippen molar-refractivity contribution in [2.75, 3.05) is 7.11 Å². The average molecular weight is 200 g/mol. The van der Waals surface area contributed by atoms with Gasteiger partial charge in [-0.3, -0.25) is 4.79 Å². The molecule has 1 atom stereocenters. The maximum absolute atomic E-state index is 11.1. The molecule has 5 nitrogen and oxygen atoms in total. The number of alkyl carbamates (subject to hydrolysis) is 1. The molecular formula is C9H16N2O3. The second-order valence-electron chi connectivity index (χ2n) is 3.56. The van der Waals surface area contributed by atoms with Crippen molar-refractivity contribution in [1.82, 2.24) is 5.32 Å². The van der Waals surface area contributed by atoms with Gasteiger partial charge in [0.25, 0.3) is 0 Å². The molecule has 1 saturated carbocycles. The van der Waals surface area contributed by atoms with E-state index in [-0.39, 0.29) is 5.92 Å². The second kappa shape index (κ2) is 4.83. The molecule has 0 aromatic carbocycles. The summed E-state index contributed by atoms with van der Waals surface area (Å²) in [6.07, 6.45) is 3.48. The Morgan fingerprint density at radius 1 is 1.43 bits per heavy atom. The van der Waals surface area contributed by atoms with Gasteiger partial charge in [-0.15, -0.1) is 0 Å². The molecule has 5 heteroatoms. The number of methoxy groups -OCH3 is 1. The topological polar surface area (TPSA) is 81.4 Å². The SMILES string of the molecule is COC(=O)NC(C(N)=O)C1CCCC1. The van der Waals surface area contributed by atoms with E-state index in [2.05, 4.69) is 10.1 Å². The third-order valence-electron chi connectivity index (χ3n) is 2.64. The number of hydrogen-bond donors (Lipinski definition) is 2. The predicted octanol–water partition coefficient (Wildman–Crippen LogP) is 0.386. The molecule has 1 rings (SSSR count). The highest BCUT2D eigenvalue weighted by Crippen LogP contribution is 2.27. The van der Waals surface area contributed by atoms with Gasteiger partial charge < -0.3 is 15.8 Å². The molecule has 0 saturated heterocycles. The van der Waals surface area contributed by atoms with Crippen molar-refractivity contribution in [1.29, 1.82) is 0 Å². The number of primary amides is 1. The Bertz CT molecular complexity index is 224. The van der Waals surface area contributed by atoms with Crippen molar-refractivity contribution in [3.63, 3.8) is 0 Å². The summed E-state index contributed by atoms with van der Waals surface area (Å²) in [7, 11) is 1.27. The zero-order valence-corrected chi connectivity index (χ0v) is 8.29. The summed E-state index contributed by atoms with van der Waals surface area (Å²) in [4.78, 5) is 22.0. The van der Waals surface area contributed by atoms with E-state index < -0.39 is 18.0 Å². The molecule has 0 heterocycles. The first kappa shape index (κ1) is 10.8. The number of carbonyl (C=O) groups excluding carboxylic acids is 2. The lowest BCUT2D eigenvalue weighted by molar-refractivity contribution is -0.121. The van der Waals surface area contributed by atoms with Gasteiger partial charge in [-0.1, -0.05) is 12.8 Å². The molecular weight excluding hydrogens is 184 g/mol. The van der Waals surface area contributed by atoms with E-state index in [0.29, 0.717) is 0 Å². The van der Waals surface area contributed by atoms with Gasteiger partial charge in [-0.05, 0) is 18.8 Å². The van der Waals surface area contributed by atoms with Gasteiger partial charge in [0, 0.05) is 0 Å². The van der Waals surface area contributed by atoms with E-state index in [1.807, 2.05) is 0 Å². The second-order valence-corrected chi connectivity index (χ2v) is 3.56. The normalized spacial score (nSPS) is 18.9. The molecule has 0 aromatic rings. The third-order valence-corrected chi connectivity index (χ3v) is 2.64. The van der Waals surface area contributed by atoms with E-state index in [4.69, 9.17) is 5.73 Å². The molecule has 1 unspecified atom stereocenters. The number of hydrogen-bond acceptors (Lipinski definition) is 3. The van der Waals surface area contributed by atoms with Crippen LogP contribution < -0.4 is 11.1 Å². The van der Waals surface area contributed by atoms with Gasteiger partial charge in [0.05, 0.1) is 7.11 Å². The fourth-order valence-electron chi connectivity index (χ4n) is 1.90. The molecule has 0 bridgehead atoms. The molecule has 0 aromatic heterocycles. The van der Waals surface area contributed by atoms with Crippen LogP contribution in [0.4, 0.5) is 4.79 Å². The lowest BCUT2D eigenvalue weighted by Crippen LogP contribution is -2.48. The summed E-state index contributed by atoms with van der Waals surface area (Å²) in [6.45, 7) is 0. The maximum Gasteiger partial charge on any atom is 0.407 e. The summed E-state index contributed by atoms with van der Waals surface area (Å²) in [5.41, 5.74) is 5.21. The minimum Gasteiger partial charge on any atom is -0.453 e. The fraction of sp³-hybridized carbons (Fsp3) is 0.778. The summed E-state index contributed by atoms with van der Waals surface area (Å²) < 4.78 is 4.43. The highest BCUT2D eigenvalue weighted by Gasteiger charge is 2.30. The van der Waals surface area contributed by atoms with Gasteiger partial charge in [-0.25, -0.2) is 4.79 Å². The van der Waals surface area contributed by atoms with E-state index in [0.717, 1.165) is 25.7 Å². The summed E-state index contributed by atoms with van der Waals surface area (Å²) >= 11 is 0. The van der Waals surface area contributed by atoms with Crippen LogP contribution in [0.15, 0.2) is 0 Å². The van der Waals surface area contributed by atoms with Crippen LogP contribution in [-0.4, -0.2) is 25.2 Å². The highest BCUT2D eigenvalue weighted by molar-refractivity contribution is 5.84. The quantitative estimate of drug-likeness (QED) is 0.691. The lowest BCUT2D eigenvalue weighted by Gasteiger charge is -2.20. The van der Waals surface area contributed by atoms with E-state index >= 15 is 0 Å². The zero-order valence-electron chi connectivity index (χ0n) is 8.29. The number of rotatable bonds is 3. The Morgan fingerprint density at radius 2 is 2.00 bits per heavy atom. The summed E-state index contributed by atoms with van der Waals surface area (Å²) in [5, 5.41) is 2.47. The van der Waals surface area contributed by atoms with Crippen LogP contribution in [0.3, 0.4) is 0 Å². The Hall–Kier alpha value is -1.26. The fourth-order valence-corrected chi connectivity index (χ4v) is 1.90. The van der Waals surface area contributed by atoms with Crippen molar-refractivity contribution in [3.8, 4) is 0 Å². The Balaban J connectivity index is 2.54. The molecule has 80 valence electrons. The molecule has 0 aliphatic heterocycles. The molecule has 3 N–H and O–H groups in total. The van der Waals surface area contributed by atoms with Crippen LogP contribution in [-0.2, 0) is 9.53 Å². The molecule has 14 heavy (non-hydrogen) atoms. The summed E-state index contributed by atoms with van der Waals surface area (Å²) in [6, 6.07) is -0.579. The molecule has 1 aliphatic carbocycles. The molecule has 2 amide bonds. The standard InChI is InChI=1S/C9H16N2O3/c1-14-9(13)11-7(8(10)12)6-4-2-3-5-6/h6-7H,2-5H2,1H3,(H2,10,12)(H,11,13). The first-order valence-corrected chi connectivity index (χ1v) is 4.79. The first-order valence-electron chi connectivity index (χ1n) is 4.79. The van der Waals surface area contributed by atoms with Gasteiger partial charge in [0.15, 0.2) is 0 Å². The van der Waals surface area contributed by atoms with Crippen molar-refractivity contribution in [3.05, 3.63) is 0 Å². The van der Waals surface area contributed by atoms with Crippen molar-refractivity contribution in [2.24, 2.45) is 11.7 Å². The number of nitrogens with one attached hydrogen (secondary N) is 1. The first-order chi connectivity index (χ1) is 6.65. The largest absolute Gasteiger partial charge is 0.453 e. The Morgan fingerprint density at radius 3 is 2.43 bits per heavy atom. The van der Waals surface area contributed by atoms with E-state index in [1.165, 1.54) is 7.11 Å². The van der Waals surface area contributed by atoms with Crippen LogP contribution in [0, 0.1) is 5.92 Å². The number of nitrogens with two attached hydrogens (primary N) is 1. The average Bonchev–Trinajstić information content (AvgIpc) is 2.65. The van der Waals surface area contributed by atoms with E-state index in [1.54, 1.807) is 0 Å². The number of carbonyl (C=O) groups is 2. The smallest absolute Gasteiger partial charge is 0.407 e. The van der Waals surface area contributed by atoms with Crippen molar-refractivity contribution < 1.29 is 14.3 Å². The van der Waals surface area contributed by atoms with Crippen LogP contribution in [0.25, 0.3) is 0 Å². The minimum absolute atomic E-state index is 0.173. The van der Waals surface area contributed by atoms with Crippen LogP contribution in [0.1, 0.15) is 25.7 Å². The van der Waals surface area contributed by atoms with Crippen molar-refractivity contribution in [2.45, 2.75) is 31.7 Å². The van der Waals surface area contributed by atoms with Crippen LogP contribution in [0.2, 0.25) is 0 Å². The third kappa shape index (κ3) is 2.61. The zero-order chi connectivity index (χ0) is 10.6. The van der Waals surface area contributed by atoms with Gasteiger partial charge in [0.1, 0.15) is 6.04 Å².